The summed E-state index contributed by atoms with van der Waals surface area (Å²) in [5.74, 6) is 1.83. The van der Waals surface area contributed by atoms with Crippen molar-refractivity contribution in [2.75, 3.05) is 0 Å². The van der Waals surface area contributed by atoms with Crippen molar-refractivity contribution in [1.82, 2.24) is 30.3 Å². The summed E-state index contributed by atoms with van der Waals surface area (Å²) >= 11 is 0. The predicted octanol–water partition coefficient (Wildman–Crippen LogP) is 2.30. The van der Waals surface area contributed by atoms with Crippen molar-refractivity contribution in [3.63, 3.8) is 0 Å². The Labute approximate surface area is 134 Å². The van der Waals surface area contributed by atoms with Crippen LogP contribution in [0.25, 0.3) is 0 Å². The lowest BCUT2D eigenvalue weighted by Gasteiger charge is -2.10. The number of nitrogens with zero attached hydrogens (tertiary/aromatic N) is 6. The second-order valence-corrected chi connectivity index (χ2v) is 6.61. The topological polar surface area (TPSA) is 82.5 Å². The van der Waals surface area contributed by atoms with Gasteiger partial charge >= 0.3 is 0 Å². The molecular formula is C16H20N6O. The van der Waals surface area contributed by atoms with Gasteiger partial charge in [-0.2, -0.15) is 9.78 Å². The van der Waals surface area contributed by atoms with E-state index in [1.165, 1.54) is 15.9 Å². The van der Waals surface area contributed by atoms with Gasteiger partial charge in [0, 0.05) is 11.8 Å². The number of hydrogen-bond acceptors (Lipinski definition) is 6. The molecule has 3 aromatic rings. The highest BCUT2D eigenvalue weighted by molar-refractivity contribution is 5.27. The Hall–Kier alpha value is -2.57. The summed E-state index contributed by atoms with van der Waals surface area (Å²) in [6.07, 6.45) is 0.659. The van der Waals surface area contributed by atoms with Crippen LogP contribution in [0.2, 0.25) is 0 Å². The Morgan fingerprint density at radius 2 is 1.91 bits per heavy atom. The number of hydrogen-bond donors (Lipinski definition) is 0. The molecule has 7 nitrogen and oxygen atoms in total. The smallest absolute Gasteiger partial charge is 0.232 e. The molecule has 0 N–H and O–H groups in total. The van der Waals surface area contributed by atoms with Crippen molar-refractivity contribution in [2.24, 2.45) is 0 Å². The van der Waals surface area contributed by atoms with Gasteiger partial charge in [-0.15, -0.1) is 10.2 Å². The average Bonchev–Trinajstić information content (AvgIpc) is 3.11. The number of rotatable bonds is 4. The van der Waals surface area contributed by atoms with Crippen LogP contribution in [-0.2, 0) is 18.4 Å². The SMILES string of the molecule is Cc1ccccc1Cc1nnn(Cc2noc(C(C)(C)C)n2)n1. The van der Waals surface area contributed by atoms with Crippen molar-refractivity contribution in [1.29, 1.82) is 0 Å². The van der Waals surface area contributed by atoms with Crippen molar-refractivity contribution in [2.45, 2.75) is 46.1 Å². The minimum absolute atomic E-state index is 0.170. The van der Waals surface area contributed by atoms with Crippen LogP contribution < -0.4 is 0 Å². The number of aromatic nitrogens is 6. The van der Waals surface area contributed by atoms with Crippen LogP contribution in [0.4, 0.5) is 0 Å². The summed E-state index contributed by atoms with van der Waals surface area (Å²) in [5, 5.41) is 16.5. The van der Waals surface area contributed by atoms with E-state index in [0.29, 0.717) is 30.5 Å². The standard InChI is InChI=1S/C16H20N6O/c1-11-7-5-6-8-12(11)9-13-18-21-22(19-13)10-14-17-15(23-20-14)16(2,3)4/h5-8H,9-10H2,1-4H3. The molecule has 23 heavy (non-hydrogen) atoms. The third-order valence-corrected chi connectivity index (χ3v) is 3.50. The van der Waals surface area contributed by atoms with Crippen molar-refractivity contribution < 1.29 is 4.52 Å². The zero-order valence-electron chi connectivity index (χ0n) is 13.8. The molecule has 0 unspecified atom stereocenters. The molecule has 0 fully saturated rings. The highest BCUT2D eigenvalue weighted by atomic mass is 16.5. The van der Waals surface area contributed by atoms with Crippen LogP contribution in [-0.4, -0.2) is 30.3 Å². The maximum absolute atomic E-state index is 5.27. The number of tetrazole rings is 1. The van der Waals surface area contributed by atoms with Crippen molar-refractivity contribution >= 4 is 0 Å². The molecule has 7 heteroatoms. The molecule has 0 aliphatic carbocycles. The van der Waals surface area contributed by atoms with Crippen LogP contribution >= 0.6 is 0 Å². The van der Waals surface area contributed by atoms with Gasteiger partial charge in [-0.3, -0.25) is 0 Å². The lowest BCUT2D eigenvalue weighted by molar-refractivity contribution is 0.317. The van der Waals surface area contributed by atoms with E-state index < -0.39 is 0 Å². The largest absolute Gasteiger partial charge is 0.339 e. The van der Waals surface area contributed by atoms with E-state index in [1.54, 1.807) is 0 Å². The molecule has 0 aliphatic heterocycles. The van der Waals surface area contributed by atoms with Crippen LogP contribution in [0.1, 0.15) is 49.4 Å². The van der Waals surface area contributed by atoms with Gasteiger partial charge in [0.15, 0.2) is 11.6 Å². The number of benzene rings is 1. The van der Waals surface area contributed by atoms with E-state index in [4.69, 9.17) is 4.52 Å². The molecule has 120 valence electrons. The van der Waals surface area contributed by atoms with Gasteiger partial charge in [0.2, 0.25) is 5.89 Å². The first kappa shape index (κ1) is 15.3. The average molecular weight is 312 g/mol. The maximum atomic E-state index is 5.27. The summed E-state index contributed by atoms with van der Waals surface area (Å²) in [6, 6.07) is 8.18. The summed E-state index contributed by atoms with van der Waals surface area (Å²) in [4.78, 5) is 5.87. The monoisotopic (exact) mass is 312 g/mol. The molecule has 0 aliphatic rings. The second-order valence-electron chi connectivity index (χ2n) is 6.61. The highest BCUT2D eigenvalue weighted by Gasteiger charge is 2.22. The minimum atomic E-state index is -0.170. The Morgan fingerprint density at radius 3 is 2.61 bits per heavy atom. The molecule has 1 aromatic carbocycles. The summed E-state index contributed by atoms with van der Waals surface area (Å²) in [6.45, 7) is 8.50. The fraction of sp³-hybridized carbons (Fsp3) is 0.438. The van der Waals surface area contributed by atoms with Crippen LogP contribution in [0.15, 0.2) is 28.8 Å². The quantitative estimate of drug-likeness (QED) is 0.735. The van der Waals surface area contributed by atoms with Gasteiger partial charge in [-0.25, -0.2) is 0 Å². The Kier molecular flexibility index (Phi) is 3.94. The molecule has 0 atom stereocenters. The normalized spacial score (nSPS) is 11.8. The number of aryl methyl sites for hydroxylation is 1. The molecule has 0 bridgehead atoms. The molecule has 0 saturated carbocycles. The lowest BCUT2D eigenvalue weighted by atomic mass is 9.97. The Morgan fingerprint density at radius 1 is 1.13 bits per heavy atom. The first-order chi connectivity index (χ1) is 10.9. The van der Waals surface area contributed by atoms with Crippen LogP contribution in [0, 0.1) is 6.92 Å². The van der Waals surface area contributed by atoms with Crippen molar-refractivity contribution in [3.8, 4) is 0 Å². The molecule has 0 amide bonds. The van der Waals surface area contributed by atoms with Gasteiger partial charge in [-0.05, 0) is 23.3 Å². The second kappa shape index (κ2) is 5.91. The maximum Gasteiger partial charge on any atom is 0.232 e. The zero-order chi connectivity index (χ0) is 16.4. The predicted molar refractivity (Wildman–Crippen MR) is 83.9 cm³/mol. The van der Waals surface area contributed by atoms with E-state index >= 15 is 0 Å². The molecule has 0 saturated heterocycles. The fourth-order valence-corrected chi connectivity index (χ4v) is 2.14. The van der Waals surface area contributed by atoms with Gasteiger partial charge in [-0.1, -0.05) is 50.2 Å². The molecule has 0 radical (unpaired) electrons. The van der Waals surface area contributed by atoms with Crippen LogP contribution in [0.3, 0.4) is 0 Å². The molecule has 0 spiro atoms. The summed E-state index contributed by atoms with van der Waals surface area (Å²) in [7, 11) is 0. The molecule has 2 heterocycles. The molecular weight excluding hydrogens is 292 g/mol. The van der Waals surface area contributed by atoms with Gasteiger partial charge in [0.05, 0.1) is 0 Å². The van der Waals surface area contributed by atoms with Gasteiger partial charge in [0.25, 0.3) is 0 Å². The third-order valence-electron chi connectivity index (χ3n) is 3.50. The van der Waals surface area contributed by atoms with E-state index in [9.17, 15) is 0 Å². The van der Waals surface area contributed by atoms with E-state index in [-0.39, 0.29) is 5.41 Å². The first-order valence-corrected chi connectivity index (χ1v) is 7.56. The summed E-state index contributed by atoms with van der Waals surface area (Å²) in [5.41, 5.74) is 2.25. The van der Waals surface area contributed by atoms with Gasteiger partial charge < -0.3 is 4.52 Å². The van der Waals surface area contributed by atoms with Crippen LogP contribution in [0.5, 0.6) is 0 Å². The van der Waals surface area contributed by atoms with E-state index in [2.05, 4.69) is 44.6 Å². The molecule has 3 rings (SSSR count). The fourth-order valence-electron chi connectivity index (χ4n) is 2.14. The highest BCUT2D eigenvalue weighted by Crippen LogP contribution is 2.19. The summed E-state index contributed by atoms with van der Waals surface area (Å²) < 4.78 is 5.27. The Balaban J connectivity index is 1.70. The minimum Gasteiger partial charge on any atom is -0.339 e. The van der Waals surface area contributed by atoms with E-state index in [0.717, 1.165) is 0 Å². The zero-order valence-corrected chi connectivity index (χ0v) is 13.8. The lowest BCUT2D eigenvalue weighted by Crippen LogP contribution is -2.12. The van der Waals surface area contributed by atoms with Gasteiger partial charge in [0.1, 0.15) is 6.54 Å². The van der Waals surface area contributed by atoms with E-state index in [1.807, 2.05) is 32.9 Å². The molecule has 2 aromatic heterocycles. The first-order valence-electron chi connectivity index (χ1n) is 7.56. The third kappa shape index (κ3) is 3.61. The van der Waals surface area contributed by atoms with Crippen molar-refractivity contribution in [3.05, 3.63) is 52.9 Å². The Bertz CT molecular complexity index is 799.